The fraction of sp³-hybridized carbons (Fsp3) is 0.208. The molecule has 2 heterocycles. The minimum atomic E-state index is -0.954. The van der Waals surface area contributed by atoms with Gasteiger partial charge in [-0.25, -0.2) is 13.5 Å². The number of nitrogens with zero attached hydrogens (tertiary/aromatic N) is 4. The molecule has 4 aromatic rings. The van der Waals surface area contributed by atoms with E-state index in [1.807, 2.05) is 18.3 Å². The van der Waals surface area contributed by atoms with Gasteiger partial charge in [0.1, 0.15) is 12.4 Å². The molecule has 2 aromatic carbocycles. The molecule has 1 amide bonds. The highest BCUT2D eigenvalue weighted by Gasteiger charge is 2.27. The Balaban J connectivity index is 1.32. The summed E-state index contributed by atoms with van der Waals surface area (Å²) in [5.41, 5.74) is 2.94. The smallest absolute Gasteiger partial charge is 0.276 e. The van der Waals surface area contributed by atoms with E-state index in [-0.39, 0.29) is 11.6 Å². The molecule has 0 spiro atoms. The van der Waals surface area contributed by atoms with Crippen LogP contribution in [0.3, 0.4) is 0 Å². The predicted octanol–water partition coefficient (Wildman–Crippen LogP) is 4.17. The van der Waals surface area contributed by atoms with E-state index in [9.17, 15) is 13.6 Å². The second kappa shape index (κ2) is 8.85. The number of halogens is 2. The summed E-state index contributed by atoms with van der Waals surface area (Å²) >= 11 is 0. The fourth-order valence-electron chi connectivity index (χ4n) is 3.99. The molecular formula is C24H21F2N5O2. The van der Waals surface area contributed by atoms with Crippen LogP contribution < -0.4 is 10.1 Å². The van der Waals surface area contributed by atoms with Crippen molar-refractivity contribution in [2.75, 3.05) is 11.9 Å². The van der Waals surface area contributed by atoms with Crippen molar-refractivity contribution in [3.63, 3.8) is 0 Å². The van der Waals surface area contributed by atoms with Crippen molar-refractivity contribution >= 4 is 11.6 Å². The van der Waals surface area contributed by atoms with Gasteiger partial charge in [0.2, 0.25) is 0 Å². The Hall–Kier alpha value is -4.01. The van der Waals surface area contributed by atoms with Gasteiger partial charge in [-0.15, -0.1) is 0 Å². The summed E-state index contributed by atoms with van der Waals surface area (Å²) in [5, 5.41) is 11.4. The number of carbonyl (C=O) groups is 1. The number of carbonyl (C=O) groups excluding carboxylic acids is 1. The summed E-state index contributed by atoms with van der Waals surface area (Å²) in [7, 11) is 0. The molecule has 1 aliphatic rings. The first-order valence-electron chi connectivity index (χ1n) is 10.7. The molecule has 2 aromatic heterocycles. The number of anilines is 1. The van der Waals surface area contributed by atoms with Gasteiger partial charge in [-0.05, 0) is 49.6 Å². The number of aromatic nitrogens is 4. The average molecular weight is 449 g/mol. The van der Waals surface area contributed by atoms with Gasteiger partial charge in [-0.3, -0.25) is 9.48 Å². The highest BCUT2D eigenvalue weighted by molar-refractivity contribution is 6.04. The lowest BCUT2D eigenvalue weighted by Gasteiger charge is -2.09. The third-order valence-corrected chi connectivity index (χ3v) is 5.53. The minimum absolute atomic E-state index is 0.289. The topological polar surface area (TPSA) is 74.0 Å². The first-order chi connectivity index (χ1) is 16.1. The molecule has 9 heteroatoms. The first kappa shape index (κ1) is 20.9. The lowest BCUT2D eigenvalue weighted by molar-refractivity contribution is 0.102. The maximum absolute atomic E-state index is 13.8. The Kier molecular flexibility index (Phi) is 5.60. The first-order valence-corrected chi connectivity index (χ1v) is 10.7. The van der Waals surface area contributed by atoms with Gasteiger partial charge in [-0.2, -0.15) is 10.2 Å². The highest BCUT2D eigenvalue weighted by atomic mass is 19.2. The van der Waals surface area contributed by atoms with Crippen LogP contribution in [0.2, 0.25) is 0 Å². The lowest BCUT2D eigenvalue weighted by atomic mass is 10.2. The molecule has 1 N–H and O–H groups in total. The molecule has 5 rings (SSSR count). The van der Waals surface area contributed by atoms with Crippen LogP contribution in [0.25, 0.3) is 5.69 Å². The molecule has 0 bridgehead atoms. The molecule has 0 atom stereocenters. The maximum Gasteiger partial charge on any atom is 0.276 e. The van der Waals surface area contributed by atoms with Crippen molar-refractivity contribution in [3.8, 4) is 11.4 Å². The summed E-state index contributed by atoms with van der Waals surface area (Å²) in [6.07, 6.45) is 5.86. The average Bonchev–Trinajstić information content (AvgIpc) is 3.54. The largest absolute Gasteiger partial charge is 0.492 e. The van der Waals surface area contributed by atoms with Crippen molar-refractivity contribution in [2.45, 2.75) is 25.8 Å². The summed E-state index contributed by atoms with van der Waals surface area (Å²) < 4.78 is 36.2. The second-order valence-corrected chi connectivity index (χ2v) is 7.74. The van der Waals surface area contributed by atoms with E-state index < -0.39 is 11.6 Å². The van der Waals surface area contributed by atoms with E-state index in [0.717, 1.165) is 29.8 Å². The molecule has 168 valence electrons. The van der Waals surface area contributed by atoms with Gasteiger partial charge in [-0.1, -0.05) is 6.07 Å². The molecule has 0 saturated heterocycles. The third kappa shape index (κ3) is 4.34. The molecular weight excluding hydrogens is 428 g/mol. The van der Waals surface area contributed by atoms with Crippen molar-refractivity contribution in [1.29, 1.82) is 0 Å². The maximum atomic E-state index is 13.8. The van der Waals surface area contributed by atoms with Crippen LogP contribution in [0, 0.1) is 11.6 Å². The Morgan fingerprint density at radius 1 is 1.09 bits per heavy atom. The van der Waals surface area contributed by atoms with Crippen LogP contribution in [0.5, 0.6) is 5.75 Å². The number of amides is 1. The minimum Gasteiger partial charge on any atom is -0.492 e. The molecule has 0 radical (unpaired) electrons. The van der Waals surface area contributed by atoms with E-state index in [1.165, 1.54) is 10.7 Å². The van der Waals surface area contributed by atoms with Crippen LogP contribution in [-0.2, 0) is 19.4 Å². The third-order valence-electron chi connectivity index (χ3n) is 5.53. The Labute approximate surface area is 188 Å². The number of nitrogens with one attached hydrogen (secondary N) is 1. The fourth-order valence-corrected chi connectivity index (χ4v) is 3.99. The van der Waals surface area contributed by atoms with Gasteiger partial charge in [0.05, 0.1) is 12.2 Å². The van der Waals surface area contributed by atoms with Gasteiger partial charge in [0, 0.05) is 41.5 Å². The molecule has 0 fully saturated rings. The van der Waals surface area contributed by atoms with Crippen LogP contribution >= 0.6 is 0 Å². The van der Waals surface area contributed by atoms with Crippen molar-refractivity contribution in [3.05, 3.63) is 89.5 Å². The molecule has 33 heavy (non-hydrogen) atoms. The Morgan fingerprint density at radius 2 is 2.00 bits per heavy atom. The lowest BCUT2D eigenvalue weighted by Crippen LogP contribution is -2.15. The number of rotatable bonds is 7. The number of hydrogen-bond donors (Lipinski definition) is 1. The van der Waals surface area contributed by atoms with E-state index in [4.69, 9.17) is 4.74 Å². The second-order valence-electron chi connectivity index (χ2n) is 7.74. The SMILES string of the molecule is O=C(Nc1cccc(OCCn2cccn2)c1)c1nn(-c2ccc(F)c(F)c2)c2c1CCC2. The van der Waals surface area contributed by atoms with Crippen LogP contribution in [0.4, 0.5) is 14.5 Å². The van der Waals surface area contributed by atoms with E-state index >= 15 is 0 Å². The monoisotopic (exact) mass is 449 g/mol. The quantitative estimate of drug-likeness (QED) is 0.460. The number of benzene rings is 2. The number of hydrogen-bond acceptors (Lipinski definition) is 4. The van der Waals surface area contributed by atoms with Gasteiger partial charge in [0.25, 0.3) is 5.91 Å². The van der Waals surface area contributed by atoms with Crippen LogP contribution in [0.15, 0.2) is 60.9 Å². The summed E-state index contributed by atoms with van der Waals surface area (Å²) in [5.74, 6) is -1.61. The van der Waals surface area contributed by atoms with E-state index in [1.54, 1.807) is 29.1 Å². The van der Waals surface area contributed by atoms with Gasteiger partial charge in [0.15, 0.2) is 17.3 Å². The number of fused-ring (bicyclic) bond motifs is 1. The van der Waals surface area contributed by atoms with Crippen LogP contribution in [-0.4, -0.2) is 32.1 Å². The zero-order valence-corrected chi connectivity index (χ0v) is 17.7. The molecule has 0 unspecified atom stereocenters. The van der Waals surface area contributed by atoms with Gasteiger partial charge < -0.3 is 10.1 Å². The molecule has 0 saturated carbocycles. The standard InChI is InChI=1S/C24H21F2N5O2/c25-20-9-8-17(15-21(20)26)31-22-7-2-6-19(22)23(29-31)24(32)28-16-4-1-5-18(14-16)33-13-12-30-11-3-10-27-30/h1,3-5,8-11,14-15H,2,6-7,12-13H2,(H,28,32). The van der Waals surface area contributed by atoms with Crippen molar-refractivity contribution in [1.82, 2.24) is 19.6 Å². The van der Waals surface area contributed by atoms with Crippen molar-refractivity contribution < 1.29 is 18.3 Å². The zero-order valence-electron chi connectivity index (χ0n) is 17.7. The van der Waals surface area contributed by atoms with Crippen molar-refractivity contribution in [2.24, 2.45) is 0 Å². The zero-order chi connectivity index (χ0) is 22.8. The summed E-state index contributed by atoms with van der Waals surface area (Å²) in [6.45, 7) is 1.04. The highest BCUT2D eigenvalue weighted by Crippen LogP contribution is 2.29. The summed E-state index contributed by atoms with van der Waals surface area (Å²) in [6, 6.07) is 12.6. The van der Waals surface area contributed by atoms with Gasteiger partial charge >= 0.3 is 0 Å². The molecule has 1 aliphatic carbocycles. The predicted molar refractivity (Wildman–Crippen MR) is 118 cm³/mol. The molecule has 7 nitrogen and oxygen atoms in total. The Bertz CT molecular complexity index is 1300. The normalized spacial score (nSPS) is 12.5. The van der Waals surface area contributed by atoms with E-state index in [2.05, 4.69) is 15.5 Å². The van der Waals surface area contributed by atoms with E-state index in [0.29, 0.717) is 43.1 Å². The Morgan fingerprint density at radius 3 is 2.82 bits per heavy atom. The summed E-state index contributed by atoms with van der Waals surface area (Å²) in [4.78, 5) is 13.0. The van der Waals surface area contributed by atoms with Crippen LogP contribution in [0.1, 0.15) is 28.2 Å². The number of ether oxygens (including phenoxy) is 1. The molecule has 0 aliphatic heterocycles.